The minimum atomic E-state index is -4.57. The van der Waals surface area contributed by atoms with Crippen molar-refractivity contribution in [2.24, 2.45) is 4.99 Å². The fourth-order valence-electron chi connectivity index (χ4n) is 4.58. The van der Waals surface area contributed by atoms with Gasteiger partial charge in [-0.05, 0) is 36.4 Å². The Morgan fingerprint density at radius 1 is 1.03 bits per heavy atom. The molecule has 0 bridgehead atoms. The molecule has 0 saturated heterocycles. The molecule has 0 spiro atoms. The van der Waals surface area contributed by atoms with Crippen LogP contribution in [0.4, 0.5) is 17.6 Å². The van der Waals surface area contributed by atoms with Gasteiger partial charge in [0.05, 0.1) is 40.4 Å². The number of halogens is 5. The van der Waals surface area contributed by atoms with Crippen LogP contribution < -0.4 is 5.32 Å². The molecule has 2 aliphatic heterocycles. The van der Waals surface area contributed by atoms with E-state index in [4.69, 9.17) is 16.6 Å². The molecule has 1 aromatic carbocycles. The average molecular weight is 513 g/mol. The quantitative estimate of drug-likeness (QED) is 0.379. The number of nitrogens with one attached hydrogen (secondary N) is 1. The highest BCUT2D eigenvalue weighted by Gasteiger charge is 2.39. The van der Waals surface area contributed by atoms with Gasteiger partial charge in [0, 0.05) is 47.6 Å². The van der Waals surface area contributed by atoms with Crippen molar-refractivity contribution in [1.82, 2.24) is 24.8 Å². The van der Waals surface area contributed by atoms with Crippen LogP contribution >= 0.6 is 11.6 Å². The fraction of sp³-hybridized carbons (Fsp3) is 0.200. The summed E-state index contributed by atoms with van der Waals surface area (Å²) in [6, 6.07) is 9.47. The number of hydrogen-bond donors (Lipinski definition) is 1. The summed E-state index contributed by atoms with van der Waals surface area (Å²) in [5.74, 6) is -1.37. The first-order valence-electron chi connectivity index (χ1n) is 11.1. The van der Waals surface area contributed by atoms with Crippen LogP contribution in [0.1, 0.15) is 22.8 Å². The molecule has 6 nitrogen and oxygen atoms in total. The Bertz CT molecular complexity index is 1590. The zero-order chi connectivity index (χ0) is 25.0. The van der Waals surface area contributed by atoms with Crippen LogP contribution in [0.3, 0.4) is 0 Å². The number of pyridine rings is 2. The lowest BCUT2D eigenvalue weighted by Gasteiger charge is -2.19. The number of benzene rings is 1. The molecule has 0 atom stereocenters. The van der Waals surface area contributed by atoms with Crippen LogP contribution in [0.5, 0.6) is 0 Å². The molecule has 0 unspecified atom stereocenters. The number of allylic oxidation sites excluding steroid dienone is 1. The van der Waals surface area contributed by atoms with E-state index in [0.29, 0.717) is 57.4 Å². The van der Waals surface area contributed by atoms with Gasteiger partial charge in [0.15, 0.2) is 0 Å². The summed E-state index contributed by atoms with van der Waals surface area (Å²) in [5.41, 5.74) is 4.05. The van der Waals surface area contributed by atoms with E-state index in [1.807, 2.05) is 6.08 Å². The largest absolute Gasteiger partial charge is 0.449 e. The predicted octanol–water partition coefficient (Wildman–Crippen LogP) is 5.29. The van der Waals surface area contributed by atoms with Gasteiger partial charge in [-0.15, -0.1) is 0 Å². The molecule has 0 fully saturated rings. The lowest BCUT2D eigenvalue weighted by molar-refractivity contribution is -0.147. The van der Waals surface area contributed by atoms with Crippen molar-refractivity contribution < 1.29 is 17.6 Å². The summed E-state index contributed by atoms with van der Waals surface area (Å²) in [5, 5.41) is 3.49. The molecule has 6 rings (SSSR count). The van der Waals surface area contributed by atoms with Gasteiger partial charge in [-0.3, -0.25) is 9.98 Å². The van der Waals surface area contributed by atoms with Crippen LogP contribution in [0.25, 0.3) is 27.9 Å². The highest BCUT2D eigenvalue weighted by Crippen LogP contribution is 2.35. The second kappa shape index (κ2) is 8.49. The molecule has 0 radical (unpaired) electrons. The van der Waals surface area contributed by atoms with E-state index in [-0.39, 0.29) is 24.3 Å². The van der Waals surface area contributed by atoms with Crippen molar-refractivity contribution in [1.29, 1.82) is 0 Å². The Morgan fingerprint density at radius 2 is 1.89 bits per heavy atom. The van der Waals surface area contributed by atoms with Crippen molar-refractivity contribution in [2.75, 3.05) is 13.1 Å². The number of hydrogen-bond acceptors (Lipinski definition) is 5. The van der Waals surface area contributed by atoms with Crippen LogP contribution in [-0.4, -0.2) is 38.3 Å². The third-order valence-electron chi connectivity index (χ3n) is 6.20. The summed E-state index contributed by atoms with van der Waals surface area (Å²) >= 11 is 6.08. The third-order valence-corrected chi connectivity index (χ3v) is 6.44. The lowest BCUT2D eigenvalue weighted by atomic mass is 9.99. The smallest absolute Gasteiger partial charge is 0.321 e. The molecule has 182 valence electrons. The Labute approximate surface area is 207 Å². The van der Waals surface area contributed by atoms with Crippen LogP contribution in [0.15, 0.2) is 53.7 Å². The van der Waals surface area contributed by atoms with E-state index in [2.05, 4.69) is 20.3 Å². The van der Waals surface area contributed by atoms with Crippen molar-refractivity contribution in [2.45, 2.75) is 19.3 Å². The first-order chi connectivity index (χ1) is 17.3. The minimum Gasteiger partial charge on any atom is -0.321 e. The van der Waals surface area contributed by atoms with Crippen molar-refractivity contribution in [3.05, 3.63) is 82.3 Å². The molecular formula is C25H17ClF4N6. The maximum absolute atomic E-state index is 14.5. The molecular weight excluding hydrogens is 496 g/mol. The number of aliphatic imine (C=N–C) groups is 1. The molecule has 36 heavy (non-hydrogen) atoms. The van der Waals surface area contributed by atoms with Gasteiger partial charge in [-0.1, -0.05) is 17.7 Å². The van der Waals surface area contributed by atoms with Crippen molar-refractivity contribution in [3.8, 4) is 11.3 Å². The van der Waals surface area contributed by atoms with Crippen molar-refractivity contribution >= 4 is 33.9 Å². The molecule has 3 aromatic heterocycles. The van der Waals surface area contributed by atoms with Crippen molar-refractivity contribution in [3.63, 3.8) is 0 Å². The number of fused-ring (bicyclic) bond motifs is 2. The highest BCUT2D eigenvalue weighted by atomic mass is 35.5. The monoisotopic (exact) mass is 512 g/mol. The SMILES string of the molecule is Fc1ccc(Cl)cc1C1=NCC=C1c1ccc2ncc(-c3nc(C(F)(F)F)n4c3CNCC4)cc2n1. The summed E-state index contributed by atoms with van der Waals surface area (Å²) in [4.78, 5) is 17.5. The molecule has 1 N–H and O–H groups in total. The van der Waals surface area contributed by atoms with Gasteiger partial charge >= 0.3 is 6.18 Å². The molecule has 4 aromatic rings. The second-order valence-electron chi connectivity index (χ2n) is 8.45. The lowest BCUT2D eigenvalue weighted by Crippen LogP contribution is -2.30. The van der Waals surface area contributed by atoms with E-state index in [9.17, 15) is 17.6 Å². The first kappa shape index (κ1) is 22.8. The average Bonchev–Trinajstić information content (AvgIpc) is 3.50. The topological polar surface area (TPSA) is 68.0 Å². The normalized spacial score (nSPS) is 15.7. The highest BCUT2D eigenvalue weighted by molar-refractivity contribution is 6.35. The predicted molar refractivity (Wildman–Crippen MR) is 128 cm³/mol. The zero-order valence-electron chi connectivity index (χ0n) is 18.6. The number of nitrogens with zero attached hydrogens (tertiary/aromatic N) is 5. The van der Waals surface area contributed by atoms with E-state index in [1.165, 1.54) is 29.0 Å². The van der Waals surface area contributed by atoms with E-state index >= 15 is 0 Å². The minimum absolute atomic E-state index is 0.177. The summed E-state index contributed by atoms with van der Waals surface area (Å²) in [7, 11) is 0. The maximum Gasteiger partial charge on any atom is 0.449 e. The van der Waals surface area contributed by atoms with Crippen LogP contribution in [0.2, 0.25) is 5.02 Å². The second-order valence-corrected chi connectivity index (χ2v) is 8.88. The molecule has 0 saturated carbocycles. The number of alkyl halides is 3. The maximum atomic E-state index is 14.5. The molecule has 0 amide bonds. The van der Waals surface area contributed by atoms with E-state index in [1.54, 1.807) is 18.2 Å². The number of imidazole rings is 1. The van der Waals surface area contributed by atoms with Gasteiger partial charge in [0.2, 0.25) is 5.82 Å². The number of rotatable bonds is 3. The standard InChI is InChI=1S/C25H17ClF4N6/c26-14-1-2-17(27)16(10-14)23-15(5-6-32-23)18-3-4-19-20(34-18)9-13(11-33-19)22-21-12-31-7-8-36(21)24(35-22)25(28,29)30/h1-5,9-11,31H,6-8,12H2. The van der Waals surface area contributed by atoms with Gasteiger partial charge in [-0.2, -0.15) is 13.2 Å². The van der Waals surface area contributed by atoms with Crippen LogP contribution in [-0.2, 0) is 19.3 Å². The fourth-order valence-corrected chi connectivity index (χ4v) is 4.76. The molecule has 0 aliphatic carbocycles. The first-order valence-corrected chi connectivity index (χ1v) is 11.5. The summed E-state index contributed by atoms with van der Waals surface area (Å²) < 4.78 is 56.6. The Hall–Kier alpha value is -3.63. The van der Waals surface area contributed by atoms with Crippen LogP contribution in [0, 0.1) is 5.82 Å². The summed E-state index contributed by atoms with van der Waals surface area (Å²) in [6.45, 7) is 1.24. The summed E-state index contributed by atoms with van der Waals surface area (Å²) in [6.07, 6.45) is -1.22. The Morgan fingerprint density at radius 3 is 2.72 bits per heavy atom. The van der Waals surface area contributed by atoms with Gasteiger partial charge in [0.25, 0.3) is 0 Å². The van der Waals surface area contributed by atoms with Gasteiger partial charge in [-0.25, -0.2) is 14.4 Å². The van der Waals surface area contributed by atoms with Gasteiger partial charge in [0.1, 0.15) is 5.82 Å². The zero-order valence-corrected chi connectivity index (χ0v) is 19.3. The van der Waals surface area contributed by atoms with Gasteiger partial charge < -0.3 is 9.88 Å². The number of aromatic nitrogens is 4. The molecule has 2 aliphatic rings. The van der Waals surface area contributed by atoms with E-state index < -0.39 is 17.8 Å². The Balaban J connectivity index is 1.43. The van der Waals surface area contributed by atoms with E-state index in [0.717, 1.165) is 0 Å². The third kappa shape index (κ3) is 3.86. The molecule has 11 heteroatoms. The Kier molecular flexibility index (Phi) is 5.38. The molecule has 5 heterocycles.